The molecule has 2 N–H and O–H groups in total. The summed E-state index contributed by atoms with van der Waals surface area (Å²) in [5.74, 6) is 1.36. The molecule has 0 radical (unpaired) electrons. The number of anilines is 1. The lowest BCUT2D eigenvalue weighted by molar-refractivity contribution is 0.373. The van der Waals surface area contributed by atoms with Gasteiger partial charge in [0.05, 0.1) is 31.8 Å². The normalized spacial score (nSPS) is 11.0. The summed E-state index contributed by atoms with van der Waals surface area (Å²) in [5, 5.41) is 18.1. The smallest absolute Gasteiger partial charge is 0.214 e. The third-order valence-corrected chi connectivity index (χ3v) is 4.39. The molecule has 0 atom stereocenters. The van der Waals surface area contributed by atoms with Crippen LogP contribution in [0.2, 0.25) is 0 Å². The zero-order valence-corrected chi connectivity index (χ0v) is 13.6. The Kier molecular flexibility index (Phi) is 3.58. The van der Waals surface area contributed by atoms with Gasteiger partial charge < -0.3 is 19.6 Å². The highest BCUT2D eigenvalue weighted by Crippen LogP contribution is 2.32. The van der Waals surface area contributed by atoms with Gasteiger partial charge in [-0.2, -0.15) is 0 Å². The van der Waals surface area contributed by atoms with E-state index in [1.54, 1.807) is 29.0 Å². The number of rotatable bonds is 5. The molecule has 0 unspecified atom stereocenters. The molecule has 122 valence electrons. The van der Waals surface area contributed by atoms with Crippen molar-refractivity contribution in [3.63, 3.8) is 0 Å². The van der Waals surface area contributed by atoms with Crippen molar-refractivity contribution in [1.29, 1.82) is 0 Å². The third kappa shape index (κ3) is 2.67. The van der Waals surface area contributed by atoms with Gasteiger partial charge in [-0.15, -0.1) is 5.10 Å². The fourth-order valence-corrected chi connectivity index (χ4v) is 3.10. The van der Waals surface area contributed by atoms with E-state index < -0.39 is 0 Å². The highest BCUT2D eigenvalue weighted by Gasteiger charge is 2.12. The van der Waals surface area contributed by atoms with Gasteiger partial charge in [0.15, 0.2) is 11.5 Å². The molecule has 3 heterocycles. The Morgan fingerprint density at radius 1 is 1.38 bits per heavy atom. The highest BCUT2D eigenvalue weighted by molar-refractivity contribution is 7.20. The molecule has 0 saturated heterocycles. The van der Waals surface area contributed by atoms with E-state index in [0.29, 0.717) is 12.3 Å². The summed E-state index contributed by atoms with van der Waals surface area (Å²) in [7, 11) is 1.52. The number of fused-ring (bicyclic) bond motifs is 1. The molecule has 4 rings (SSSR count). The van der Waals surface area contributed by atoms with Crippen LogP contribution in [0.5, 0.6) is 11.5 Å². The van der Waals surface area contributed by atoms with Gasteiger partial charge in [0.1, 0.15) is 5.76 Å². The number of methoxy groups -OCH3 is 1. The number of aromatic nitrogens is 3. The van der Waals surface area contributed by atoms with Crippen molar-refractivity contribution in [3.05, 3.63) is 48.6 Å². The summed E-state index contributed by atoms with van der Waals surface area (Å²) in [6.45, 7) is 0.575. The Morgan fingerprint density at radius 2 is 2.29 bits per heavy atom. The van der Waals surface area contributed by atoms with E-state index in [9.17, 15) is 5.11 Å². The number of nitrogens with one attached hydrogen (secondary N) is 1. The predicted molar refractivity (Wildman–Crippen MR) is 90.6 cm³/mol. The molecule has 1 aromatic carbocycles. The monoisotopic (exact) mass is 342 g/mol. The highest BCUT2D eigenvalue weighted by atomic mass is 32.1. The molecule has 0 aliphatic rings. The van der Waals surface area contributed by atoms with Crippen molar-refractivity contribution in [2.45, 2.75) is 6.54 Å². The number of aromatic hydroxyl groups is 1. The number of nitrogens with zero attached hydrogens (tertiary/aromatic N) is 3. The van der Waals surface area contributed by atoms with Gasteiger partial charge in [-0.05, 0) is 30.3 Å². The van der Waals surface area contributed by atoms with Crippen LogP contribution in [0.25, 0.3) is 16.2 Å². The minimum Gasteiger partial charge on any atom is -0.504 e. The van der Waals surface area contributed by atoms with Crippen LogP contribution in [0.15, 0.2) is 47.2 Å². The second-order valence-electron chi connectivity index (χ2n) is 5.08. The Hall–Kier alpha value is -3.00. The summed E-state index contributed by atoms with van der Waals surface area (Å²) in [6, 6.07) is 8.88. The molecule has 0 bridgehead atoms. The Balaban J connectivity index is 1.57. The quantitative estimate of drug-likeness (QED) is 0.578. The van der Waals surface area contributed by atoms with Crippen LogP contribution in [0.3, 0.4) is 0 Å². The third-order valence-electron chi connectivity index (χ3n) is 3.51. The first-order valence-electron chi connectivity index (χ1n) is 7.23. The minimum absolute atomic E-state index is 0.102. The van der Waals surface area contributed by atoms with Crippen molar-refractivity contribution in [1.82, 2.24) is 14.6 Å². The summed E-state index contributed by atoms with van der Waals surface area (Å²) < 4.78 is 12.1. The van der Waals surface area contributed by atoms with Crippen LogP contribution in [-0.2, 0) is 6.54 Å². The fraction of sp³-hybridized carbons (Fsp3) is 0.125. The molecule has 24 heavy (non-hydrogen) atoms. The van der Waals surface area contributed by atoms with Crippen LogP contribution in [0, 0.1) is 0 Å². The summed E-state index contributed by atoms with van der Waals surface area (Å²) in [5.41, 5.74) is 1.62. The Bertz CT molecular complexity index is 943. The number of benzene rings is 1. The first-order valence-corrected chi connectivity index (χ1v) is 8.04. The van der Waals surface area contributed by atoms with Crippen LogP contribution in [0.1, 0.15) is 5.76 Å². The van der Waals surface area contributed by atoms with Crippen LogP contribution in [0.4, 0.5) is 5.13 Å². The zero-order valence-electron chi connectivity index (χ0n) is 12.8. The zero-order chi connectivity index (χ0) is 16.5. The van der Waals surface area contributed by atoms with Gasteiger partial charge in [0.2, 0.25) is 10.1 Å². The van der Waals surface area contributed by atoms with Crippen molar-refractivity contribution >= 4 is 21.4 Å². The van der Waals surface area contributed by atoms with Crippen molar-refractivity contribution < 1.29 is 14.3 Å². The SMILES string of the molecule is COc1cc(-c2cn3nc(NCc4ccco4)sc3n2)ccc1O. The molecule has 0 fully saturated rings. The first-order chi connectivity index (χ1) is 11.7. The van der Waals surface area contributed by atoms with E-state index in [2.05, 4.69) is 15.4 Å². The van der Waals surface area contributed by atoms with Crippen molar-refractivity contribution in [2.75, 3.05) is 12.4 Å². The maximum absolute atomic E-state index is 9.68. The van der Waals surface area contributed by atoms with E-state index in [4.69, 9.17) is 9.15 Å². The maximum Gasteiger partial charge on any atom is 0.214 e. The van der Waals surface area contributed by atoms with Crippen LogP contribution in [-0.4, -0.2) is 26.8 Å². The molecule has 0 spiro atoms. The molecular weight excluding hydrogens is 328 g/mol. The average molecular weight is 342 g/mol. The molecule has 4 aromatic rings. The van der Waals surface area contributed by atoms with Crippen molar-refractivity contribution in [3.8, 4) is 22.8 Å². The van der Waals surface area contributed by atoms with Gasteiger partial charge in [-0.1, -0.05) is 11.3 Å². The van der Waals surface area contributed by atoms with Crippen LogP contribution >= 0.6 is 11.3 Å². The van der Waals surface area contributed by atoms with Gasteiger partial charge in [0.25, 0.3) is 0 Å². The van der Waals surface area contributed by atoms with Gasteiger partial charge in [-0.25, -0.2) is 9.50 Å². The number of phenols is 1. The van der Waals surface area contributed by atoms with Gasteiger partial charge >= 0.3 is 0 Å². The molecule has 0 saturated carbocycles. The topological polar surface area (TPSA) is 84.8 Å². The summed E-state index contributed by atoms with van der Waals surface area (Å²) in [6.07, 6.45) is 3.49. The van der Waals surface area contributed by atoms with E-state index >= 15 is 0 Å². The molecule has 8 heteroatoms. The average Bonchev–Trinajstić information content (AvgIpc) is 3.29. The van der Waals surface area contributed by atoms with E-state index in [0.717, 1.165) is 27.1 Å². The standard InChI is InChI=1S/C16H14N4O3S/c1-22-14-7-10(4-5-13(14)21)12-9-20-16(18-12)24-15(19-20)17-8-11-3-2-6-23-11/h2-7,9,21H,8H2,1H3,(H,17,19). The second-order valence-corrected chi connectivity index (χ2v) is 6.04. The number of hydrogen-bond donors (Lipinski definition) is 2. The maximum atomic E-state index is 9.68. The van der Waals surface area contributed by atoms with E-state index in [-0.39, 0.29) is 5.75 Å². The Morgan fingerprint density at radius 3 is 3.04 bits per heavy atom. The van der Waals surface area contributed by atoms with Crippen molar-refractivity contribution in [2.24, 2.45) is 0 Å². The number of hydrogen-bond acceptors (Lipinski definition) is 7. The number of furan rings is 1. The minimum atomic E-state index is 0.102. The van der Waals surface area contributed by atoms with E-state index in [1.807, 2.05) is 18.3 Å². The number of ether oxygens (including phenoxy) is 1. The number of imidazole rings is 1. The lowest BCUT2D eigenvalue weighted by Crippen LogP contribution is -1.98. The molecule has 0 aliphatic carbocycles. The predicted octanol–water partition coefficient (Wildman–Crippen LogP) is 3.38. The lowest BCUT2D eigenvalue weighted by Gasteiger charge is -2.04. The van der Waals surface area contributed by atoms with Gasteiger partial charge in [-0.3, -0.25) is 0 Å². The molecule has 0 amide bonds. The van der Waals surface area contributed by atoms with Gasteiger partial charge in [0, 0.05) is 5.56 Å². The Labute approximate surface area is 141 Å². The molecule has 0 aliphatic heterocycles. The summed E-state index contributed by atoms with van der Waals surface area (Å²) >= 11 is 1.46. The first kappa shape index (κ1) is 14.6. The molecule has 3 aromatic heterocycles. The largest absolute Gasteiger partial charge is 0.504 e. The van der Waals surface area contributed by atoms with Crippen LogP contribution < -0.4 is 10.1 Å². The van der Waals surface area contributed by atoms with E-state index in [1.165, 1.54) is 18.4 Å². The summed E-state index contributed by atoms with van der Waals surface area (Å²) in [4.78, 5) is 5.35. The number of phenolic OH excluding ortho intramolecular Hbond substituents is 1. The molecule has 7 nitrogen and oxygen atoms in total. The molecular formula is C16H14N4O3S. The fourth-order valence-electron chi connectivity index (χ4n) is 2.32. The second kappa shape index (κ2) is 5.89. The lowest BCUT2D eigenvalue weighted by atomic mass is 10.1.